The maximum atomic E-state index is 10.3. The van der Waals surface area contributed by atoms with Crippen LogP contribution < -0.4 is 5.73 Å². The first-order valence-corrected chi connectivity index (χ1v) is 5.73. The quantitative estimate of drug-likeness (QED) is 0.455. The van der Waals surface area contributed by atoms with E-state index in [-0.39, 0.29) is 37.6 Å². The van der Waals surface area contributed by atoms with Crippen LogP contribution in [0.4, 0.5) is 5.69 Å². The molecule has 0 bridgehead atoms. The van der Waals surface area contributed by atoms with Crippen LogP contribution in [-0.4, -0.2) is 13.3 Å². The summed E-state index contributed by atoms with van der Waals surface area (Å²) in [6, 6.07) is 6.30. The van der Waals surface area contributed by atoms with E-state index in [1.54, 1.807) is 12.1 Å². The standard InChI is InChI=1S/C6H7NO3S2.Ag/c7-5-3-1-2-4-6(5)11-12(8,9)10;/h1-4H,7H2,(H-,8,9,10);/p-1. The maximum absolute atomic E-state index is 10.3. The summed E-state index contributed by atoms with van der Waals surface area (Å²) < 4.78 is 30.9. The Morgan fingerprint density at radius 3 is 2.31 bits per heavy atom. The van der Waals surface area contributed by atoms with Gasteiger partial charge in [0.05, 0.1) is 14.7 Å². The Labute approximate surface area is 95.3 Å². The predicted molar refractivity (Wildman–Crippen MR) is 46.2 cm³/mol. The number of anilines is 1. The topological polar surface area (TPSA) is 89.2 Å². The molecule has 1 rings (SSSR count). The van der Waals surface area contributed by atoms with Gasteiger partial charge in [-0.25, -0.2) is 4.21 Å². The second kappa shape index (κ2) is 5.06. The second-order valence-corrected chi connectivity index (χ2v) is 5.18. The molecule has 0 saturated heterocycles. The first-order chi connectivity index (χ1) is 5.49. The number of para-hydroxylation sites is 1. The zero-order chi connectivity index (χ0) is 9.19. The molecule has 1 aromatic carbocycles. The fourth-order valence-corrected chi connectivity index (χ4v) is 2.30. The van der Waals surface area contributed by atoms with Crippen molar-refractivity contribution in [3.05, 3.63) is 24.3 Å². The van der Waals surface area contributed by atoms with Crippen LogP contribution in [0.5, 0.6) is 0 Å². The molecule has 1 aromatic rings. The van der Waals surface area contributed by atoms with Crippen molar-refractivity contribution in [3.63, 3.8) is 0 Å². The average molecular weight is 312 g/mol. The Morgan fingerprint density at radius 1 is 1.31 bits per heavy atom. The molecule has 0 amide bonds. The number of benzene rings is 1. The normalized spacial score (nSPS) is 10.3. The van der Waals surface area contributed by atoms with Gasteiger partial charge < -0.3 is 14.8 Å². The molecule has 7 heteroatoms. The zero-order valence-corrected chi connectivity index (χ0v) is 9.34. The molecule has 2 N–H and O–H groups in total. The van der Waals surface area contributed by atoms with Crippen LogP contribution in [-0.2, 0) is 41.8 Å². The van der Waals surface area contributed by atoms with E-state index in [0.717, 1.165) is 0 Å². The average Bonchev–Trinajstić information content (AvgIpc) is 1.91. The van der Waals surface area contributed by atoms with Gasteiger partial charge in [0, 0.05) is 28.4 Å². The van der Waals surface area contributed by atoms with Crippen molar-refractivity contribution < 1.29 is 35.7 Å². The molecule has 4 nitrogen and oxygen atoms in total. The Kier molecular flexibility index (Phi) is 5.08. The van der Waals surface area contributed by atoms with Crippen LogP contribution in [0.1, 0.15) is 0 Å². The molecule has 0 aliphatic heterocycles. The summed E-state index contributed by atoms with van der Waals surface area (Å²) in [5.41, 5.74) is 5.70. The molecular weight excluding hydrogens is 306 g/mol. The van der Waals surface area contributed by atoms with E-state index in [0.29, 0.717) is 5.69 Å². The van der Waals surface area contributed by atoms with Gasteiger partial charge >= 0.3 is 0 Å². The van der Waals surface area contributed by atoms with Gasteiger partial charge in [0.2, 0.25) is 0 Å². The van der Waals surface area contributed by atoms with E-state index in [1.807, 2.05) is 0 Å². The zero-order valence-electron chi connectivity index (χ0n) is 6.23. The van der Waals surface area contributed by atoms with E-state index in [4.69, 9.17) is 5.73 Å². The number of nitrogen functional groups attached to an aromatic ring is 1. The third-order valence-electron chi connectivity index (χ3n) is 1.11. The molecule has 0 heterocycles. The van der Waals surface area contributed by atoms with Gasteiger partial charge in [0.15, 0.2) is 0 Å². The Hall–Kier alpha value is 0.0503. The molecule has 0 spiro atoms. The third kappa shape index (κ3) is 4.72. The molecule has 0 atom stereocenters. The molecule has 77 valence electrons. The van der Waals surface area contributed by atoms with Crippen LogP contribution >= 0.6 is 0 Å². The fraction of sp³-hybridized carbons (Fsp3) is 0. The van der Waals surface area contributed by atoms with Crippen LogP contribution in [0.25, 0.3) is 0 Å². The van der Waals surface area contributed by atoms with E-state index in [2.05, 4.69) is 0 Å². The molecular formula is C6H6AgNO3S2-. The third-order valence-corrected chi connectivity index (χ3v) is 3.02. The van der Waals surface area contributed by atoms with Crippen molar-refractivity contribution in [2.24, 2.45) is 0 Å². The Balaban J connectivity index is 0.00000144. The SMILES string of the molecule is Nc1ccccc1[S+]=S(=O)([O-])[O-].[Ag]. The van der Waals surface area contributed by atoms with E-state index in [9.17, 15) is 13.3 Å². The molecule has 0 unspecified atom stereocenters. The van der Waals surface area contributed by atoms with Gasteiger partial charge in [0.1, 0.15) is 0 Å². The molecule has 1 radical (unpaired) electrons. The van der Waals surface area contributed by atoms with Crippen molar-refractivity contribution in [1.82, 2.24) is 0 Å². The fourth-order valence-electron chi connectivity index (χ4n) is 0.666. The van der Waals surface area contributed by atoms with Crippen molar-refractivity contribution in [3.8, 4) is 0 Å². The van der Waals surface area contributed by atoms with Crippen LogP contribution in [0.3, 0.4) is 0 Å². The number of hydrogen-bond donors (Lipinski definition) is 1. The van der Waals surface area contributed by atoms with Gasteiger partial charge in [-0.1, -0.05) is 12.1 Å². The van der Waals surface area contributed by atoms with Gasteiger partial charge in [-0.05, 0) is 6.07 Å². The van der Waals surface area contributed by atoms with Gasteiger partial charge in [-0.2, -0.15) is 0 Å². The minimum atomic E-state index is -4.31. The number of rotatable bonds is 1. The summed E-state index contributed by atoms with van der Waals surface area (Å²) in [5, 5.41) is 0. The maximum Gasteiger partial charge on any atom is 0.262 e. The number of hydrogen-bond acceptors (Lipinski definition) is 4. The minimum Gasteiger partial charge on any atom is -0.745 e. The first kappa shape index (κ1) is 13.1. The molecule has 0 aliphatic carbocycles. The predicted octanol–water partition coefficient (Wildman–Crippen LogP) is 0.168. The monoisotopic (exact) mass is 311 g/mol. The van der Waals surface area contributed by atoms with Gasteiger partial charge in [-0.3, -0.25) is 0 Å². The Bertz CT molecular complexity index is 393. The molecule has 0 aromatic heterocycles. The van der Waals surface area contributed by atoms with Gasteiger partial charge in [-0.15, -0.1) is 0 Å². The number of nitrogens with two attached hydrogens (primary N) is 1. The summed E-state index contributed by atoms with van der Waals surface area (Å²) in [4.78, 5) is 0.271. The van der Waals surface area contributed by atoms with Crippen LogP contribution in [0.2, 0.25) is 0 Å². The molecule has 0 fully saturated rings. The van der Waals surface area contributed by atoms with E-state index < -0.39 is 9.05 Å². The van der Waals surface area contributed by atoms with Crippen molar-refractivity contribution >= 4 is 25.1 Å². The van der Waals surface area contributed by atoms with Gasteiger partial charge in [0.25, 0.3) is 15.2 Å². The van der Waals surface area contributed by atoms with E-state index >= 15 is 0 Å². The van der Waals surface area contributed by atoms with Crippen LogP contribution in [0.15, 0.2) is 29.2 Å². The minimum absolute atomic E-state index is 0. The molecule has 13 heavy (non-hydrogen) atoms. The summed E-state index contributed by atoms with van der Waals surface area (Å²) in [5.74, 6) is 0. The first-order valence-electron chi connectivity index (χ1n) is 2.99. The summed E-state index contributed by atoms with van der Waals surface area (Å²) in [7, 11) is -4.09. The summed E-state index contributed by atoms with van der Waals surface area (Å²) in [6.45, 7) is 0. The van der Waals surface area contributed by atoms with Crippen molar-refractivity contribution in [1.29, 1.82) is 0 Å². The van der Waals surface area contributed by atoms with Crippen molar-refractivity contribution in [2.75, 3.05) is 5.73 Å². The second-order valence-electron chi connectivity index (χ2n) is 2.03. The van der Waals surface area contributed by atoms with E-state index in [1.165, 1.54) is 12.1 Å². The molecule has 0 saturated carbocycles. The van der Waals surface area contributed by atoms with Crippen molar-refractivity contribution in [2.45, 2.75) is 4.90 Å². The molecule has 0 aliphatic rings. The largest absolute Gasteiger partial charge is 0.745 e. The smallest absolute Gasteiger partial charge is 0.262 e. The summed E-state index contributed by atoms with van der Waals surface area (Å²) in [6.07, 6.45) is 0. The Morgan fingerprint density at radius 2 is 1.85 bits per heavy atom. The summed E-state index contributed by atoms with van der Waals surface area (Å²) >= 11 is 0. The van der Waals surface area contributed by atoms with Crippen LogP contribution in [0, 0.1) is 0 Å².